The van der Waals surface area contributed by atoms with Crippen LogP contribution >= 0.6 is 15.9 Å². The maximum Gasteiger partial charge on any atom is 0.268 e. The Bertz CT molecular complexity index is 590. The third-order valence-electron chi connectivity index (χ3n) is 2.68. The Morgan fingerprint density at radius 3 is 2.83 bits per heavy atom. The SMILES string of the molecule is CC(C)(CO)NC(=O)c1cc2ccc(Br)cc2[nH]1. The van der Waals surface area contributed by atoms with Crippen LogP contribution in [0.3, 0.4) is 0 Å². The first kappa shape index (κ1) is 13.1. The summed E-state index contributed by atoms with van der Waals surface area (Å²) in [7, 11) is 0. The van der Waals surface area contributed by atoms with Gasteiger partial charge in [0, 0.05) is 15.4 Å². The fourth-order valence-corrected chi connectivity index (χ4v) is 2.00. The molecule has 0 saturated carbocycles. The van der Waals surface area contributed by atoms with Gasteiger partial charge in [-0.15, -0.1) is 0 Å². The van der Waals surface area contributed by atoms with Gasteiger partial charge in [0.15, 0.2) is 0 Å². The third kappa shape index (κ3) is 2.73. The van der Waals surface area contributed by atoms with Crippen molar-refractivity contribution in [2.75, 3.05) is 6.61 Å². The van der Waals surface area contributed by atoms with Crippen molar-refractivity contribution in [3.8, 4) is 0 Å². The molecule has 1 heterocycles. The number of benzene rings is 1. The lowest BCUT2D eigenvalue weighted by Gasteiger charge is -2.22. The maximum atomic E-state index is 12.0. The monoisotopic (exact) mass is 310 g/mol. The van der Waals surface area contributed by atoms with Gasteiger partial charge in [-0.05, 0) is 32.0 Å². The van der Waals surface area contributed by atoms with E-state index in [-0.39, 0.29) is 12.5 Å². The first-order valence-corrected chi connectivity index (χ1v) is 6.42. The smallest absolute Gasteiger partial charge is 0.268 e. The molecule has 2 aromatic rings. The van der Waals surface area contributed by atoms with Crippen LogP contribution in [0.4, 0.5) is 0 Å². The molecule has 2 rings (SSSR count). The molecule has 0 saturated heterocycles. The fraction of sp³-hybridized carbons (Fsp3) is 0.308. The normalized spacial score (nSPS) is 11.8. The number of H-pyrrole nitrogens is 1. The van der Waals surface area contributed by atoms with Crippen LogP contribution < -0.4 is 5.32 Å². The van der Waals surface area contributed by atoms with Crippen LogP contribution in [0.5, 0.6) is 0 Å². The Balaban J connectivity index is 2.28. The number of nitrogens with one attached hydrogen (secondary N) is 2. The lowest BCUT2D eigenvalue weighted by atomic mass is 10.1. The number of rotatable bonds is 3. The molecule has 5 heteroatoms. The molecule has 1 aromatic heterocycles. The van der Waals surface area contributed by atoms with E-state index in [9.17, 15) is 4.79 Å². The molecule has 0 aliphatic heterocycles. The average molecular weight is 311 g/mol. The summed E-state index contributed by atoms with van der Waals surface area (Å²) in [6.07, 6.45) is 0. The van der Waals surface area contributed by atoms with E-state index in [1.54, 1.807) is 19.9 Å². The number of aliphatic hydroxyl groups is 1. The van der Waals surface area contributed by atoms with E-state index in [0.29, 0.717) is 5.69 Å². The fourth-order valence-electron chi connectivity index (χ4n) is 1.64. The summed E-state index contributed by atoms with van der Waals surface area (Å²) < 4.78 is 0.958. The van der Waals surface area contributed by atoms with Crippen molar-refractivity contribution in [3.63, 3.8) is 0 Å². The molecule has 0 unspecified atom stereocenters. The van der Waals surface area contributed by atoms with Crippen LogP contribution in [-0.2, 0) is 0 Å². The van der Waals surface area contributed by atoms with Gasteiger partial charge in [-0.1, -0.05) is 22.0 Å². The van der Waals surface area contributed by atoms with E-state index in [1.807, 2.05) is 18.2 Å². The van der Waals surface area contributed by atoms with Gasteiger partial charge in [0.2, 0.25) is 0 Å². The van der Waals surface area contributed by atoms with Gasteiger partial charge in [0.1, 0.15) is 5.69 Å². The number of amides is 1. The predicted molar refractivity (Wildman–Crippen MR) is 74.6 cm³/mol. The first-order valence-electron chi connectivity index (χ1n) is 5.63. The van der Waals surface area contributed by atoms with Gasteiger partial charge in [-0.25, -0.2) is 0 Å². The van der Waals surface area contributed by atoms with Gasteiger partial charge in [0.05, 0.1) is 12.1 Å². The second-order valence-corrected chi connectivity index (χ2v) is 5.83. The van der Waals surface area contributed by atoms with Crippen LogP contribution in [0.1, 0.15) is 24.3 Å². The maximum absolute atomic E-state index is 12.0. The largest absolute Gasteiger partial charge is 0.394 e. The summed E-state index contributed by atoms with van der Waals surface area (Å²) in [5.41, 5.74) is 0.760. The van der Waals surface area contributed by atoms with Crippen molar-refractivity contribution in [1.82, 2.24) is 10.3 Å². The molecule has 4 nitrogen and oxygen atoms in total. The highest BCUT2D eigenvalue weighted by Gasteiger charge is 2.20. The van der Waals surface area contributed by atoms with Crippen molar-refractivity contribution in [3.05, 3.63) is 34.4 Å². The van der Waals surface area contributed by atoms with E-state index >= 15 is 0 Å². The van der Waals surface area contributed by atoms with Crippen LogP contribution in [-0.4, -0.2) is 28.1 Å². The standard InChI is InChI=1S/C13H15BrN2O2/c1-13(2,7-17)16-12(18)11-5-8-3-4-9(14)6-10(8)15-11/h3-6,15,17H,7H2,1-2H3,(H,16,18). The highest BCUT2D eigenvalue weighted by molar-refractivity contribution is 9.10. The number of halogens is 1. The minimum Gasteiger partial charge on any atom is -0.394 e. The Kier molecular flexibility index (Phi) is 3.45. The zero-order valence-corrected chi connectivity index (χ0v) is 11.8. The highest BCUT2D eigenvalue weighted by atomic mass is 79.9. The number of aromatic amines is 1. The summed E-state index contributed by atoms with van der Waals surface area (Å²) in [6, 6.07) is 7.58. The Morgan fingerprint density at radius 2 is 2.17 bits per heavy atom. The van der Waals surface area contributed by atoms with Gasteiger partial charge >= 0.3 is 0 Å². The molecule has 0 aliphatic rings. The Hall–Kier alpha value is -1.33. The van der Waals surface area contributed by atoms with E-state index in [2.05, 4.69) is 26.2 Å². The molecule has 0 radical (unpaired) electrons. The summed E-state index contributed by atoms with van der Waals surface area (Å²) in [6.45, 7) is 3.43. The average Bonchev–Trinajstić information content (AvgIpc) is 2.71. The van der Waals surface area contributed by atoms with Crippen molar-refractivity contribution >= 4 is 32.7 Å². The summed E-state index contributed by atoms with van der Waals surface area (Å²) in [4.78, 5) is 15.1. The van der Waals surface area contributed by atoms with Crippen molar-refractivity contribution in [2.45, 2.75) is 19.4 Å². The predicted octanol–water partition coefficient (Wildman–Crippen LogP) is 2.43. The molecule has 18 heavy (non-hydrogen) atoms. The summed E-state index contributed by atoms with van der Waals surface area (Å²) in [5, 5.41) is 12.9. The third-order valence-corrected chi connectivity index (χ3v) is 3.17. The van der Waals surface area contributed by atoms with E-state index in [4.69, 9.17) is 5.11 Å². The first-order chi connectivity index (χ1) is 8.41. The molecule has 1 amide bonds. The van der Waals surface area contributed by atoms with Crippen LogP contribution in [0.25, 0.3) is 10.9 Å². The zero-order chi connectivity index (χ0) is 13.3. The second kappa shape index (κ2) is 4.74. The summed E-state index contributed by atoms with van der Waals surface area (Å²) in [5.74, 6) is -0.221. The Morgan fingerprint density at radius 1 is 1.44 bits per heavy atom. The number of carbonyl (C=O) groups is 1. The van der Waals surface area contributed by atoms with Crippen molar-refractivity contribution in [1.29, 1.82) is 0 Å². The molecule has 0 fully saturated rings. The topological polar surface area (TPSA) is 65.1 Å². The molecular weight excluding hydrogens is 296 g/mol. The minimum atomic E-state index is -0.630. The molecule has 0 atom stereocenters. The van der Waals surface area contributed by atoms with Gasteiger partial charge in [-0.2, -0.15) is 0 Å². The quantitative estimate of drug-likeness (QED) is 0.815. The Labute approximate surface area is 114 Å². The van der Waals surface area contributed by atoms with Crippen LogP contribution in [0, 0.1) is 0 Å². The minimum absolute atomic E-state index is 0.107. The molecule has 1 aromatic carbocycles. The second-order valence-electron chi connectivity index (χ2n) is 4.91. The van der Waals surface area contributed by atoms with Crippen LogP contribution in [0.15, 0.2) is 28.7 Å². The molecule has 0 aliphatic carbocycles. The highest BCUT2D eigenvalue weighted by Crippen LogP contribution is 2.20. The number of carbonyl (C=O) groups excluding carboxylic acids is 1. The van der Waals surface area contributed by atoms with E-state index in [1.165, 1.54) is 0 Å². The molecule has 0 spiro atoms. The van der Waals surface area contributed by atoms with Crippen molar-refractivity contribution in [2.24, 2.45) is 0 Å². The zero-order valence-electron chi connectivity index (χ0n) is 10.2. The number of hydrogen-bond donors (Lipinski definition) is 3. The van der Waals surface area contributed by atoms with E-state index < -0.39 is 5.54 Å². The number of aromatic nitrogens is 1. The number of fused-ring (bicyclic) bond motifs is 1. The number of hydrogen-bond acceptors (Lipinski definition) is 2. The van der Waals surface area contributed by atoms with Crippen molar-refractivity contribution < 1.29 is 9.90 Å². The molecule has 96 valence electrons. The lowest BCUT2D eigenvalue weighted by molar-refractivity contribution is 0.0865. The van der Waals surface area contributed by atoms with Gasteiger partial charge in [0.25, 0.3) is 5.91 Å². The van der Waals surface area contributed by atoms with Gasteiger partial charge in [-0.3, -0.25) is 4.79 Å². The molecule has 3 N–H and O–H groups in total. The summed E-state index contributed by atoms with van der Waals surface area (Å²) >= 11 is 3.39. The number of aliphatic hydroxyl groups excluding tert-OH is 1. The van der Waals surface area contributed by atoms with Gasteiger partial charge < -0.3 is 15.4 Å². The molecule has 0 bridgehead atoms. The molecular formula is C13H15BrN2O2. The lowest BCUT2D eigenvalue weighted by Crippen LogP contribution is -2.46. The van der Waals surface area contributed by atoms with Crippen LogP contribution in [0.2, 0.25) is 0 Å². The van der Waals surface area contributed by atoms with E-state index in [0.717, 1.165) is 15.4 Å².